The van der Waals surface area contributed by atoms with Gasteiger partial charge in [-0.05, 0) is 12.8 Å². The number of rotatable bonds is 29. The fraction of sp³-hybridized carbons (Fsp3) is 0.780. The summed E-state index contributed by atoms with van der Waals surface area (Å²) in [5.41, 5.74) is 0. The Bertz CT molecular complexity index is 1790. The van der Waals surface area contributed by atoms with Crippen molar-refractivity contribution in [1.82, 2.24) is 16.0 Å². The van der Waals surface area contributed by atoms with Crippen LogP contribution in [0.4, 0.5) is 0 Å². The molecule has 31 heteroatoms. The Hall–Kier alpha value is -2.66. The molecule has 408 valence electrons. The second kappa shape index (κ2) is 33.4. The van der Waals surface area contributed by atoms with Crippen molar-refractivity contribution in [2.45, 2.75) is 151 Å². The van der Waals surface area contributed by atoms with Crippen molar-refractivity contribution in [2.24, 2.45) is 0 Å². The number of carbonyl (C=O) groups excluding carboxylic acids is 5. The van der Waals surface area contributed by atoms with Crippen LogP contribution in [0, 0.1) is 0 Å². The number of esters is 2. The third-order valence-electron chi connectivity index (χ3n) is 10.5. The summed E-state index contributed by atoms with van der Waals surface area (Å²) in [5, 5.41) is 101. The van der Waals surface area contributed by atoms with E-state index in [1.807, 2.05) is 13.8 Å². The zero-order valence-electron chi connectivity index (χ0n) is 40.2. The van der Waals surface area contributed by atoms with E-state index < -0.39 is 195 Å². The monoisotopic (exact) mass is 1070 g/mol. The minimum Gasteiger partial charge on any atom is -0.756 e. The summed E-state index contributed by atoms with van der Waals surface area (Å²) in [6.07, 6.45) is -19.4. The van der Waals surface area contributed by atoms with Gasteiger partial charge in [-0.25, -0.2) is 0 Å². The normalized spacial score (nSPS) is 32.0. The average Bonchev–Trinajstić information content (AvgIpc) is 3.32. The number of nitrogens with one attached hydrogen (secondary N) is 3. The van der Waals surface area contributed by atoms with Crippen LogP contribution in [-0.4, -0.2) is 227 Å². The molecule has 29 nitrogen and oxygen atoms in total. The van der Waals surface area contributed by atoms with Crippen molar-refractivity contribution < 1.29 is 156 Å². The first-order valence-electron chi connectivity index (χ1n) is 22.6. The van der Waals surface area contributed by atoms with Crippen LogP contribution in [0.25, 0.3) is 0 Å². The van der Waals surface area contributed by atoms with E-state index in [1.54, 1.807) is 24.3 Å². The Morgan fingerprint density at radius 2 is 1.22 bits per heavy atom. The fourth-order valence-corrected chi connectivity index (χ4v) is 7.64. The van der Waals surface area contributed by atoms with Gasteiger partial charge in [0.15, 0.2) is 25.0 Å². The third-order valence-corrected chi connectivity index (χ3v) is 11.5. The first kappa shape index (κ1) is 65.5. The van der Waals surface area contributed by atoms with Crippen molar-refractivity contribution in [3.63, 3.8) is 0 Å². The zero-order valence-corrected chi connectivity index (χ0v) is 43.0. The number of phosphoric acid groups is 1. The van der Waals surface area contributed by atoms with E-state index >= 15 is 0 Å². The molecule has 0 aromatic rings. The van der Waals surface area contributed by atoms with Gasteiger partial charge < -0.3 is 114 Å². The molecular weight excluding hydrogens is 1000 g/mol. The van der Waals surface area contributed by atoms with Crippen molar-refractivity contribution in [1.29, 1.82) is 0 Å². The Labute approximate surface area is 435 Å². The van der Waals surface area contributed by atoms with Gasteiger partial charge in [-0.15, -0.1) is 0 Å². The predicted molar refractivity (Wildman–Crippen MR) is 231 cm³/mol. The van der Waals surface area contributed by atoms with Crippen LogP contribution in [-0.2, 0) is 75.5 Å². The maximum atomic E-state index is 12.6. The SMILES string of the molecule is CC/C=C\CC(=O)OCC(COP(=O)([O-])OCCNC(=O)CC(=O)NCO[C@@H]1OC(CO)[C@@H](O[C@@H]2OC(CO)[C@H](O)[C@H](O[C@@H]3OC(CO)[C@H](O)[C@H](O)C3O)C2O)[C@H](O)C1NC(C)=O)OC(=O)C/C=C\CC.[Na+]. The van der Waals surface area contributed by atoms with Gasteiger partial charge in [0.05, 0.1) is 45.9 Å². The van der Waals surface area contributed by atoms with Gasteiger partial charge in [0.25, 0.3) is 7.82 Å². The fourth-order valence-electron chi connectivity index (χ4n) is 6.90. The summed E-state index contributed by atoms with van der Waals surface area (Å²) >= 11 is 0. The van der Waals surface area contributed by atoms with Gasteiger partial charge in [-0.3, -0.25) is 28.5 Å². The summed E-state index contributed by atoms with van der Waals surface area (Å²) in [4.78, 5) is 73.9. The summed E-state index contributed by atoms with van der Waals surface area (Å²) in [6.45, 7) is -0.982. The third kappa shape index (κ3) is 21.2. The number of aliphatic hydroxyl groups is 9. The molecule has 0 aromatic carbocycles. The molecule has 17 atom stereocenters. The smallest absolute Gasteiger partial charge is 0.756 e. The van der Waals surface area contributed by atoms with E-state index in [9.17, 15) is 79.4 Å². The van der Waals surface area contributed by atoms with Crippen LogP contribution in [0.3, 0.4) is 0 Å². The van der Waals surface area contributed by atoms with Gasteiger partial charge in [-0.1, -0.05) is 38.2 Å². The Morgan fingerprint density at radius 3 is 1.82 bits per heavy atom. The molecule has 3 aliphatic heterocycles. The van der Waals surface area contributed by atoms with Crippen LogP contribution < -0.4 is 50.4 Å². The number of ether oxygens (including phenoxy) is 8. The van der Waals surface area contributed by atoms with Gasteiger partial charge >= 0.3 is 41.5 Å². The molecule has 12 N–H and O–H groups in total. The number of allylic oxidation sites excluding steroid dienone is 2. The molecule has 3 heterocycles. The molecule has 0 bridgehead atoms. The Balaban J connectivity index is 0.0000178. The Kier molecular flexibility index (Phi) is 30.4. The van der Waals surface area contributed by atoms with Crippen molar-refractivity contribution in [2.75, 3.05) is 52.9 Å². The molecule has 3 rings (SSSR count). The molecule has 0 radical (unpaired) electrons. The van der Waals surface area contributed by atoms with Gasteiger partial charge in [0, 0.05) is 13.5 Å². The van der Waals surface area contributed by atoms with Gasteiger partial charge in [0.1, 0.15) is 92.9 Å². The topological polar surface area (TPSA) is 436 Å². The van der Waals surface area contributed by atoms with Crippen molar-refractivity contribution in [3.05, 3.63) is 24.3 Å². The van der Waals surface area contributed by atoms with Crippen LogP contribution in [0.1, 0.15) is 52.9 Å². The quantitative estimate of drug-likeness (QED) is 0.00629. The number of aliphatic hydroxyl groups excluding tert-OH is 9. The summed E-state index contributed by atoms with van der Waals surface area (Å²) in [7, 11) is -5.07. The molecule has 8 unspecified atom stereocenters. The van der Waals surface area contributed by atoms with E-state index in [0.717, 1.165) is 6.92 Å². The van der Waals surface area contributed by atoms with Gasteiger partial charge in [0.2, 0.25) is 17.7 Å². The van der Waals surface area contributed by atoms with E-state index in [-0.39, 0.29) is 42.4 Å². The molecule has 3 amide bonds. The van der Waals surface area contributed by atoms with Crippen molar-refractivity contribution in [3.8, 4) is 0 Å². The van der Waals surface area contributed by atoms with Crippen LogP contribution in [0.2, 0.25) is 0 Å². The summed E-state index contributed by atoms with van der Waals surface area (Å²) in [6, 6.07) is -1.54. The number of hydrogen-bond donors (Lipinski definition) is 12. The van der Waals surface area contributed by atoms with Crippen LogP contribution >= 0.6 is 7.82 Å². The number of hydrogen-bond acceptors (Lipinski definition) is 26. The first-order chi connectivity index (χ1) is 33.7. The van der Waals surface area contributed by atoms with E-state index in [4.69, 9.17) is 46.9 Å². The average molecular weight is 1070 g/mol. The number of phosphoric ester groups is 1. The first-order valence-corrected chi connectivity index (χ1v) is 24.0. The van der Waals surface area contributed by atoms with E-state index in [2.05, 4.69) is 16.0 Å². The maximum Gasteiger partial charge on any atom is 1.00 e. The van der Waals surface area contributed by atoms with Gasteiger partial charge in [-0.2, -0.15) is 0 Å². The largest absolute Gasteiger partial charge is 1.00 e. The number of amides is 3. The van der Waals surface area contributed by atoms with Crippen molar-refractivity contribution >= 4 is 37.5 Å². The molecule has 0 aromatic heterocycles. The second-order valence-corrected chi connectivity index (χ2v) is 17.4. The summed E-state index contributed by atoms with van der Waals surface area (Å²) in [5.74, 6) is -3.98. The molecule has 72 heavy (non-hydrogen) atoms. The van der Waals surface area contributed by atoms with E-state index in [1.165, 1.54) is 0 Å². The predicted octanol–water partition coefficient (Wildman–Crippen LogP) is -9.15. The molecule has 3 aliphatic rings. The molecule has 3 fully saturated rings. The number of carbonyl (C=O) groups is 5. The standard InChI is InChI=1S/C41H68N3O26P.Na/c1-4-6-8-10-28(51)61-18-22(65-29(52)11-9-7-5-2)19-64-71(59,60)63-13-12-42-26(49)14-27(50)43-20-62-39-30(44-21(3)48)33(55)37(25(17-47)68-39)69-41-36(58)38(32(54)24(16-46)67-41)70-40-35(57)34(56)31(53)23(15-45)66-40;/h6-9,22-25,30-41,45-47,53-58H,4-5,10-20H2,1-3H3,(H,42,49)(H,43,50)(H,44,48)(H,59,60);/q;+1/p-1/b8-6-,9-7-;/t22?,23?,24?,25?,30?,31-,32-,33+,34-,35?,36?,37+,38-,39+,40-,41-;/m0./s1. The maximum absolute atomic E-state index is 12.6. The molecule has 0 saturated carbocycles. The summed E-state index contributed by atoms with van der Waals surface area (Å²) < 4.78 is 65.7. The molecule has 0 spiro atoms. The molecular formula is C41H67N3NaO26P. The minimum absolute atomic E-state index is 0. The van der Waals surface area contributed by atoms with Crippen LogP contribution in [0.15, 0.2) is 24.3 Å². The molecule has 3 saturated heterocycles. The van der Waals surface area contributed by atoms with Crippen LogP contribution in [0.5, 0.6) is 0 Å². The van der Waals surface area contributed by atoms with E-state index in [0.29, 0.717) is 12.8 Å². The molecule has 0 aliphatic carbocycles. The second-order valence-electron chi connectivity index (χ2n) is 16.0. The minimum atomic E-state index is -5.07. The zero-order chi connectivity index (χ0) is 52.8. The Morgan fingerprint density at radius 1 is 0.667 bits per heavy atom.